The number of hydrogen-bond donors (Lipinski definition) is 2. The summed E-state index contributed by atoms with van der Waals surface area (Å²) in [6.45, 7) is 1.59. The van der Waals surface area contributed by atoms with Crippen molar-refractivity contribution in [1.29, 1.82) is 0 Å². The molecule has 2 saturated heterocycles. The van der Waals surface area contributed by atoms with E-state index in [0.717, 1.165) is 13.1 Å². The van der Waals surface area contributed by atoms with E-state index in [0.29, 0.717) is 12.1 Å². The smallest absolute Gasteiger partial charge is 0.314 e. The molecule has 0 aromatic rings. The molecular weight excluding hydrogens is 142 g/mol. The van der Waals surface area contributed by atoms with Crippen LogP contribution >= 0.6 is 0 Å². The number of hydrogen-bond acceptors (Lipinski definition) is 2. The molecule has 2 heterocycles. The van der Waals surface area contributed by atoms with Gasteiger partial charge in [0.1, 0.15) is 0 Å². The Bertz CT molecular complexity index is 171. The summed E-state index contributed by atoms with van der Waals surface area (Å²) in [6.07, 6.45) is 2.38. The van der Waals surface area contributed by atoms with Gasteiger partial charge in [0.25, 0.3) is 0 Å². The van der Waals surface area contributed by atoms with Crippen LogP contribution in [0.25, 0.3) is 0 Å². The number of nitrogens with two attached hydrogens (primary N) is 1. The highest BCUT2D eigenvalue weighted by Gasteiger charge is 2.33. The van der Waals surface area contributed by atoms with Gasteiger partial charge in [-0.1, -0.05) is 0 Å². The number of primary amides is 1. The highest BCUT2D eigenvalue weighted by atomic mass is 16.2. The number of amides is 2. The number of fused-ring (bicyclic) bond motifs is 2. The molecule has 0 saturated carbocycles. The van der Waals surface area contributed by atoms with Crippen molar-refractivity contribution >= 4 is 6.03 Å². The first-order chi connectivity index (χ1) is 5.25. The fourth-order valence-electron chi connectivity index (χ4n) is 1.98. The van der Waals surface area contributed by atoms with Gasteiger partial charge in [-0.05, 0) is 12.8 Å². The van der Waals surface area contributed by atoms with E-state index < -0.39 is 0 Å². The quantitative estimate of drug-likeness (QED) is 0.495. The maximum absolute atomic E-state index is 10.8. The minimum atomic E-state index is -0.275. The molecule has 2 atom stereocenters. The van der Waals surface area contributed by atoms with Crippen LogP contribution in [0.5, 0.6) is 0 Å². The minimum Gasteiger partial charge on any atom is -0.351 e. The molecule has 3 N–H and O–H groups in total. The van der Waals surface area contributed by atoms with Crippen molar-refractivity contribution < 1.29 is 4.79 Å². The van der Waals surface area contributed by atoms with Gasteiger partial charge < -0.3 is 16.0 Å². The van der Waals surface area contributed by atoms with E-state index >= 15 is 0 Å². The van der Waals surface area contributed by atoms with E-state index in [1.165, 1.54) is 12.8 Å². The standard InChI is InChI=1S/C7H13N3O/c8-7(11)10-3-5-1-2-6(4-10)9-5/h5-6,9H,1-4H2,(H2,8,11)/t5-,6+. The van der Waals surface area contributed by atoms with E-state index in [9.17, 15) is 4.79 Å². The first kappa shape index (κ1) is 6.91. The largest absolute Gasteiger partial charge is 0.351 e. The molecule has 2 aliphatic rings. The predicted octanol–water partition coefficient (Wildman–Crippen LogP) is -0.499. The second kappa shape index (κ2) is 2.37. The Morgan fingerprint density at radius 2 is 1.91 bits per heavy atom. The Morgan fingerprint density at radius 1 is 1.36 bits per heavy atom. The second-order valence-electron chi connectivity index (χ2n) is 3.38. The van der Waals surface area contributed by atoms with Gasteiger partial charge in [-0.3, -0.25) is 0 Å². The molecule has 2 fully saturated rings. The summed E-state index contributed by atoms with van der Waals surface area (Å²) in [5.74, 6) is 0. The van der Waals surface area contributed by atoms with E-state index in [1.807, 2.05) is 0 Å². The summed E-state index contributed by atoms with van der Waals surface area (Å²) in [4.78, 5) is 12.5. The number of likely N-dealkylation sites (tertiary alicyclic amines) is 1. The van der Waals surface area contributed by atoms with E-state index in [4.69, 9.17) is 5.73 Å². The fourth-order valence-corrected chi connectivity index (χ4v) is 1.98. The number of rotatable bonds is 0. The second-order valence-corrected chi connectivity index (χ2v) is 3.38. The van der Waals surface area contributed by atoms with Gasteiger partial charge in [0, 0.05) is 25.2 Å². The van der Waals surface area contributed by atoms with Gasteiger partial charge in [0.05, 0.1) is 0 Å². The Balaban J connectivity index is 2.02. The summed E-state index contributed by atoms with van der Waals surface area (Å²) < 4.78 is 0. The van der Waals surface area contributed by atoms with E-state index in [2.05, 4.69) is 5.32 Å². The molecule has 0 aliphatic carbocycles. The zero-order valence-electron chi connectivity index (χ0n) is 6.42. The highest BCUT2D eigenvalue weighted by molar-refractivity contribution is 5.72. The van der Waals surface area contributed by atoms with Crippen molar-refractivity contribution in [1.82, 2.24) is 10.2 Å². The lowest BCUT2D eigenvalue weighted by atomic mass is 10.2. The molecule has 11 heavy (non-hydrogen) atoms. The van der Waals surface area contributed by atoms with Crippen LogP contribution in [0.15, 0.2) is 0 Å². The first-order valence-electron chi connectivity index (χ1n) is 4.06. The molecule has 2 amide bonds. The normalized spacial score (nSPS) is 35.8. The lowest BCUT2D eigenvalue weighted by Gasteiger charge is -2.31. The molecule has 0 spiro atoms. The van der Waals surface area contributed by atoms with Crippen LogP contribution in [0.2, 0.25) is 0 Å². The van der Waals surface area contributed by atoms with Gasteiger partial charge in [-0.25, -0.2) is 4.79 Å². The summed E-state index contributed by atoms with van der Waals surface area (Å²) in [5, 5.41) is 3.43. The monoisotopic (exact) mass is 155 g/mol. The topological polar surface area (TPSA) is 58.4 Å². The molecular formula is C7H13N3O. The van der Waals surface area contributed by atoms with E-state index in [-0.39, 0.29) is 6.03 Å². The Hall–Kier alpha value is -0.770. The van der Waals surface area contributed by atoms with Crippen molar-refractivity contribution in [3.63, 3.8) is 0 Å². The number of nitrogens with one attached hydrogen (secondary N) is 1. The third-order valence-electron chi connectivity index (χ3n) is 2.53. The number of carbonyl (C=O) groups excluding carboxylic acids is 1. The molecule has 4 heteroatoms. The first-order valence-corrected chi connectivity index (χ1v) is 4.06. The maximum atomic E-state index is 10.8. The Kier molecular flexibility index (Phi) is 1.49. The van der Waals surface area contributed by atoms with Gasteiger partial charge in [-0.2, -0.15) is 0 Å². The molecule has 2 bridgehead atoms. The van der Waals surface area contributed by atoms with Crippen LogP contribution in [-0.4, -0.2) is 36.1 Å². The van der Waals surface area contributed by atoms with Crippen molar-refractivity contribution in [2.75, 3.05) is 13.1 Å². The van der Waals surface area contributed by atoms with Crippen LogP contribution in [-0.2, 0) is 0 Å². The molecule has 0 radical (unpaired) electrons. The molecule has 62 valence electrons. The van der Waals surface area contributed by atoms with Gasteiger partial charge in [0.15, 0.2) is 0 Å². The average molecular weight is 155 g/mol. The predicted molar refractivity (Wildman–Crippen MR) is 41.1 cm³/mol. The maximum Gasteiger partial charge on any atom is 0.314 e. The van der Waals surface area contributed by atoms with Gasteiger partial charge >= 0.3 is 6.03 Å². The van der Waals surface area contributed by atoms with Crippen LogP contribution in [0.1, 0.15) is 12.8 Å². The molecule has 0 unspecified atom stereocenters. The molecule has 2 aliphatic heterocycles. The number of carbonyl (C=O) groups is 1. The number of nitrogens with zero attached hydrogens (tertiary/aromatic N) is 1. The third kappa shape index (κ3) is 1.18. The highest BCUT2D eigenvalue weighted by Crippen LogP contribution is 2.19. The van der Waals surface area contributed by atoms with Crippen LogP contribution in [0, 0.1) is 0 Å². The van der Waals surface area contributed by atoms with Crippen molar-refractivity contribution in [3.05, 3.63) is 0 Å². The Labute approximate surface area is 65.7 Å². The lowest BCUT2D eigenvalue weighted by Crippen LogP contribution is -2.54. The third-order valence-corrected chi connectivity index (χ3v) is 2.53. The summed E-state index contributed by atoms with van der Waals surface area (Å²) in [6, 6.07) is 0.728. The summed E-state index contributed by atoms with van der Waals surface area (Å²) in [7, 11) is 0. The van der Waals surface area contributed by atoms with Crippen molar-refractivity contribution in [2.24, 2.45) is 5.73 Å². The summed E-state index contributed by atoms with van der Waals surface area (Å²) >= 11 is 0. The zero-order valence-corrected chi connectivity index (χ0v) is 6.42. The molecule has 2 rings (SSSR count). The molecule has 4 nitrogen and oxygen atoms in total. The Morgan fingerprint density at radius 3 is 2.36 bits per heavy atom. The molecule has 0 aromatic heterocycles. The van der Waals surface area contributed by atoms with E-state index in [1.54, 1.807) is 4.90 Å². The number of urea groups is 1. The fraction of sp³-hybridized carbons (Fsp3) is 0.857. The zero-order chi connectivity index (χ0) is 7.84. The molecule has 0 aromatic carbocycles. The number of piperazine rings is 1. The SMILES string of the molecule is NC(=O)N1C[C@H]2CC[C@@H](C1)N2. The van der Waals surface area contributed by atoms with Crippen LogP contribution in [0.4, 0.5) is 4.79 Å². The van der Waals surface area contributed by atoms with Crippen molar-refractivity contribution in [2.45, 2.75) is 24.9 Å². The summed E-state index contributed by atoms with van der Waals surface area (Å²) in [5.41, 5.74) is 5.18. The minimum absolute atomic E-state index is 0.275. The van der Waals surface area contributed by atoms with Crippen LogP contribution in [0.3, 0.4) is 0 Å². The van der Waals surface area contributed by atoms with Crippen molar-refractivity contribution in [3.8, 4) is 0 Å². The van der Waals surface area contributed by atoms with Gasteiger partial charge in [0.2, 0.25) is 0 Å². The van der Waals surface area contributed by atoms with Crippen LogP contribution < -0.4 is 11.1 Å². The average Bonchev–Trinajstić information content (AvgIpc) is 2.30. The lowest BCUT2D eigenvalue weighted by molar-refractivity contribution is 0.184. The van der Waals surface area contributed by atoms with Gasteiger partial charge in [-0.15, -0.1) is 0 Å².